The van der Waals surface area contributed by atoms with Gasteiger partial charge >= 0.3 is 0 Å². The third kappa shape index (κ3) is 5.42. The number of hydrogen-bond donors (Lipinski definition) is 4. The Bertz CT molecular complexity index is 1170. The fourth-order valence-electron chi connectivity index (χ4n) is 5.38. The average molecular weight is 573 g/mol. The van der Waals surface area contributed by atoms with Crippen LogP contribution in [0.4, 0.5) is 13.2 Å². The first-order valence-corrected chi connectivity index (χ1v) is 13.9. The molecule has 3 heterocycles. The summed E-state index contributed by atoms with van der Waals surface area (Å²) >= 11 is 0.949. The molecule has 1 amide bonds. The Morgan fingerprint density at radius 2 is 1.77 bits per heavy atom. The number of carbonyl (C=O) groups excluding carboxylic acids is 1. The summed E-state index contributed by atoms with van der Waals surface area (Å²) in [6, 6.07) is 0.260. The minimum Gasteiger partial charge on any atom is -0.394 e. The van der Waals surface area contributed by atoms with Crippen LogP contribution in [0, 0.1) is 17.5 Å². The van der Waals surface area contributed by atoms with Crippen LogP contribution in [0.2, 0.25) is 0 Å². The van der Waals surface area contributed by atoms with Gasteiger partial charge in [0, 0.05) is 18.7 Å². The molecule has 0 bridgehead atoms. The van der Waals surface area contributed by atoms with Gasteiger partial charge in [0.05, 0.1) is 18.4 Å². The molecule has 214 valence electrons. The molecule has 6 atom stereocenters. The fourth-order valence-corrected chi connectivity index (χ4v) is 6.93. The van der Waals surface area contributed by atoms with Crippen molar-refractivity contribution in [3.05, 3.63) is 35.8 Å². The molecule has 1 aromatic heterocycles. The van der Waals surface area contributed by atoms with E-state index in [1.807, 2.05) is 0 Å². The molecule has 39 heavy (non-hydrogen) atoms. The smallest absolute Gasteiger partial charge is 0.238 e. The SMILES string of the molecule is O=C([C@H](S[C@@H]1O[C@H](CO)[C@H](O)[C@H](n2cc(-c3cc(F)c(F)c(F)c3)nn2)[C@H]1O)C1(O)CCC1)N1CCCCC1. The second-order valence-corrected chi connectivity index (χ2v) is 11.6. The van der Waals surface area contributed by atoms with Crippen LogP contribution in [-0.4, -0.2) is 101 Å². The van der Waals surface area contributed by atoms with Crippen LogP contribution in [0.3, 0.4) is 0 Å². The van der Waals surface area contributed by atoms with Gasteiger partial charge in [0.1, 0.15) is 40.7 Å². The van der Waals surface area contributed by atoms with Crippen LogP contribution < -0.4 is 0 Å². The molecule has 1 aliphatic carbocycles. The molecule has 1 aromatic carbocycles. The van der Waals surface area contributed by atoms with E-state index >= 15 is 0 Å². The highest BCUT2D eigenvalue weighted by Crippen LogP contribution is 2.46. The Labute approximate surface area is 226 Å². The molecule has 10 nitrogen and oxygen atoms in total. The lowest BCUT2D eigenvalue weighted by molar-refractivity contribution is -0.179. The van der Waals surface area contributed by atoms with E-state index in [1.54, 1.807) is 4.90 Å². The van der Waals surface area contributed by atoms with Crippen LogP contribution >= 0.6 is 11.8 Å². The average Bonchev–Trinajstić information content (AvgIpc) is 3.40. The largest absolute Gasteiger partial charge is 0.394 e. The number of ether oxygens (including phenoxy) is 1. The minimum absolute atomic E-state index is 0.0506. The van der Waals surface area contributed by atoms with E-state index in [-0.39, 0.29) is 17.2 Å². The molecule has 1 saturated carbocycles. The zero-order chi connectivity index (χ0) is 27.9. The second-order valence-electron chi connectivity index (χ2n) is 10.4. The second kappa shape index (κ2) is 11.3. The van der Waals surface area contributed by atoms with Crippen LogP contribution in [0.25, 0.3) is 11.3 Å². The van der Waals surface area contributed by atoms with Gasteiger partial charge in [-0.15, -0.1) is 16.9 Å². The predicted octanol–water partition coefficient (Wildman–Crippen LogP) is 1.37. The first-order chi connectivity index (χ1) is 18.6. The fraction of sp³-hybridized carbons (Fsp3) is 0.640. The number of amides is 1. The van der Waals surface area contributed by atoms with E-state index in [2.05, 4.69) is 10.3 Å². The van der Waals surface area contributed by atoms with E-state index < -0.39 is 64.7 Å². The molecule has 2 aromatic rings. The lowest BCUT2D eigenvalue weighted by Crippen LogP contribution is -2.59. The van der Waals surface area contributed by atoms with E-state index in [0.717, 1.165) is 54.3 Å². The highest BCUT2D eigenvalue weighted by molar-refractivity contribution is 8.01. The van der Waals surface area contributed by atoms with Gasteiger partial charge in [0.2, 0.25) is 5.91 Å². The number of aliphatic hydroxyl groups excluding tert-OH is 3. The van der Waals surface area contributed by atoms with Crippen molar-refractivity contribution in [2.75, 3.05) is 19.7 Å². The highest BCUT2D eigenvalue weighted by atomic mass is 32.2. The molecule has 0 radical (unpaired) electrons. The van der Waals surface area contributed by atoms with Gasteiger partial charge in [-0.2, -0.15) is 0 Å². The molecule has 5 rings (SSSR count). The zero-order valence-electron chi connectivity index (χ0n) is 21.0. The van der Waals surface area contributed by atoms with Gasteiger partial charge in [-0.25, -0.2) is 17.9 Å². The maximum atomic E-state index is 13.8. The van der Waals surface area contributed by atoms with Crippen molar-refractivity contribution in [1.82, 2.24) is 19.9 Å². The summed E-state index contributed by atoms with van der Waals surface area (Å²) < 4.78 is 47.8. The molecule has 14 heteroatoms. The summed E-state index contributed by atoms with van der Waals surface area (Å²) in [6.07, 6.45) is 1.42. The van der Waals surface area contributed by atoms with Gasteiger partial charge in [-0.1, -0.05) is 5.21 Å². The number of piperidine rings is 1. The summed E-state index contributed by atoms with van der Waals surface area (Å²) in [4.78, 5) is 15.2. The van der Waals surface area contributed by atoms with Crippen molar-refractivity contribution >= 4 is 17.7 Å². The number of nitrogens with zero attached hydrogens (tertiary/aromatic N) is 4. The summed E-state index contributed by atoms with van der Waals surface area (Å²) in [7, 11) is 0. The number of carbonyl (C=O) groups is 1. The number of benzene rings is 1. The lowest BCUT2D eigenvalue weighted by atomic mass is 9.77. The first kappa shape index (κ1) is 28.3. The van der Waals surface area contributed by atoms with E-state index in [0.29, 0.717) is 25.9 Å². The van der Waals surface area contributed by atoms with Crippen molar-refractivity contribution in [3.63, 3.8) is 0 Å². The summed E-state index contributed by atoms with van der Waals surface area (Å²) in [5.74, 6) is -4.71. The topological polar surface area (TPSA) is 141 Å². The third-order valence-corrected chi connectivity index (χ3v) is 9.38. The van der Waals surface area contributed by atoms with E-state index in [1.165, 1.54) is 6.20 Å². The summed E-state index contributed by atoms with van der Waals surface area (Å²) in [5.41, 5.74) is -2.59. The Balaban J connectivity index is 1.41. The van der Waals surface area contributed by atoms with Gasteiger partial charge in [0.25, 0.3) is 0 Å². The maximum Gasteiger partial charge on any atom is 0.238 e. The van der Waals surface area contributed by atoms with E-state index in [9.17, 15) is 38.4 Å². The van der Waals surface area contributed by atoms with Gasteiger partial charge < -0.3 is 30.1 Å². The van der Waals surface area contributed by atoms with Crippen molar-refractivity contribution in [2.24, 2.45) is 0 Å². The Kier molecular flexibility index (Phi) is 8.23. The van der Waals surface area contributed by atoms with Crippen LogP contribution in [0.15, 0.2) is 18.3 Å². The lowest BCUT2D eigenvalue weighted by Gasteiger charge is -2.47. The number of halogens is 3. The summed E-state index contributed by atoms with van der Waals surface area (Å²) in [5, 5.41) is 50.2. The quantitative estimate of drug-likeness (QED) is 0.362. The van der Waals surface area contributed by atoms with Crippen molar-refractivity contribution in [2.45, 2.75) is 79.2 Å². The number of aliphatic hydroxyl groups is 4. The molecule has 0 spiro atoms. The maximum absolute atomic E-state index is 13.8. The molecular formula is C25H31F3N4O6S. The van der Waals surface area contributed by atoms with Gasteiger partial charge in [0.15, 0.2) is 17.5 Å². The molecule has 0 unspecified atom stereocenters. The van der Waals surface area contributed by atoms with Crippen LogP contribution in [0.5, 0.6) is 0 Å². The van der Waals surface area contributed by atoms with Crippen molar-refractivity contribution in [3.8, 4) is 11.3 Å². The number of aromatic nitrogens is 3. The molecular weight excluding hydrogens is 541 g/mol. The molecule has 4 N–H and O–H groups in total. The molecule has 3 aliphatic rings. The predicted molar refractivity (Wildman–Crippen MR) is 133 cm³/mol. The zero-order valence-corrected chi connectivity index (χ0v) is 21.8. The Hall–Kier alpha value is -2.23. The third-order valence-electron chi connectivity index (χ3n) is 7.81. The van der Waals surface area contributed by atoms with Crippen LogP contribution in [0.1, 0.15) is 44.6 Å². The highest BCUT2D eigenvalue weighted by Gasteiger charge is 2.53. The Morgan fingerprint density at radius 3 is 2.36 bits per heavy atom. The van der Waals surface area contributed by atoms with Gasteiger partial charge in [-0.05, 0) is 50.7 Å². The summed E-state index contributed by atoms with van der Waals surface area (Å²) in [6.45, 7) is 0.534. The van der Waals surface area contributed by atoms with Crippen LogP contribution in [-0.2, 0) is 9.53 Å². The number of rotatable bonds is 7. The standard InChI is InChI=1S/C25H31F3N4O6S/c26-14-9-13(10-15(27)18(14)28)16-11-32(30-29-16)19-20(34)17(12-33)38-24(21(19)35)39-22(25(37)5-4-6-25)23(36)31-7-2-1-3-8-31/h9-11,17,19-22,24,33-35,37H,1-8,12H2/t17-,19+,20+,21-,22+,24+/m1/s1. The van der Waals surface area contributed by atoms with Crippen molar-refractivity contribution in [1.29, 1.82) is 0 Å². The molecule has 3 fully saturated rings. The number of thioether (sulfide) groups is 1. The Morgan fingerprint density at radius 1 is 1.10 bits per heavy atom. The number of likely N-dealkylation sites (tertiary alicyclic amines) is 1. The minimum atomic E-state index is -1.63. The molecule has 2 saturated heterocycles. The molecule has 2 aliphatic heterocycles. The first-order valence-electron chi connectivity index (χ1n) is 13.0. The monoisotopic (exact) mass is 572 g/mol. The number of hydrogen-bond acceptors (Lipinski definition) is 9. The van der Waals surface area contributed by atoms with Gasteiger partial charge in [-0.3, -0.25) is 4.79 Å². The normalized spacial score (nSPS) is 29.6. The van der Waals surface area contributed by atoms with E-state index in [4.69, 9.17) is 4.74 Å². The van der Waals surface area contributed by atoms with Crippen molar-refractivity contribution < 1.29 is 43.1 Å².